The Morgan fingerprint density at radius 3 is 2.90 bits per heavy atom. The number of imidazole rings is 1. The minimum Gasteiger partial charge on any atom is -0.506 e. The van der Waals surface area contributed by atoms with E-state index in [0.717, 1.165) is 15.5 Å². The number of rotatable bonds is 5. The lowest BCUT2D eigenvalue weighted by molar-refractivity contribution is -0.647. The molecule has 0 saturated heterocycles. The predicted molar refractivity (Wildman–Crippen MR) is 115 cm³/mol. The Labute approximate surface area is 186 Å². The number of anilines is 1. The highest BCUT2D eigenvalue weighted by Crippen LogP contribution is 2.30. The first-order chi connectivity index (χ1) is 14.4. The van der Waals surface area contributed by atoms with Gasteiger partial charge in [-0.1, -0.05) is 28.1 Å². The molecule has 0 aliphatic rings. The molecule has 10 nitrogen and oxygen atoms in total. The smallest absolute Gasteiger partial charge is 0.314 e. The molecular formula is C18H14Br2N7O3+. The van der Waals surface area contributed by atoms with Crippen molar-refractivity contribution < 1.29 is 19.1 Å². The Morgan fingerprint density at radius 2 is 2.13 bits per heavy atom. The fourth-order valence-corrected chi connectivity index (χ4v) is 4.14. The summed E-state index contributed by atoms with van der Waals surface area (Å²) in [4.78, 5) is 15.7. The number of carbonyl (C=O) groups is 1. The second-order valence-corrected chi connectivity index (χ2v) is 7.96. The number of hydrogen-bond acceptors (Lipinski definition) is 7. The molecule has 0 fully saturated rings. The maximum atomic E-state index is 12.5. The third-order valence-corrected chi connectivity index (χ3v) is 5.27. The van der Waals surface area contributed by atoms with Crippen LogP contribution in [0.3, 0.4) is 0 Å². The molecule has 0 unspecified atom stereocenters. The van der Waals surface area contributed by atoms with Gasteiger partial charge in [-0.15, -0.1) is 0 Å². The van der Waals surface area contributed by atoms with Crippen LogP contribution in [0, 0.1) is 0 Å². The van der Waals surface area contributed by atoms with Crippen LogP contribution in [0.25, 0.3) is 22.6 Å². The van der Waals surface area contributed by atoms with Gasteiger partial charge < -0.3 is 10.8 Å². The average Bonchev–Trinajstić information content (AvgIpc) is 3.29. The highest BCUT2D eigenvalue weighted by Gasteiger charge is 2.27. The summed E-state index contributed by atoms with van der Waals surface area (Å²) in [7, 11) is 0. The number of aromatic hydroxyl groups is 1. The third-order valence-electron chi connectivity index (χ3n) is 4.21. The standard InChI is InChI=1S/C18H13Br2N7O3/c19-10-5-9(16(29)11(20)6-10)7-22-24-14(28)8-27-13-4-2-1-3-12(13)23-18(27)15-17(21)26-30-25-15/h1-7H,8H2,(H4,21,22,23,24,25,26,28,29)/p+1. The Hall–Kier alpha value is -3.25. The van der Waals surface area contributed by atoms with Crippen molar-refractivity contribution in [2.24, 2.45) is 5.10 Å². The largest absolute Gasteiger partial charge is 0.506 e. The van der Waals surface area contributed by atoms with E-state index in [0.29, 0.717) is 21.6 Å². The highest BCUT2D eigenvalue weighted by molar-refractivity contribution is 9.11. The summed E-state index contributed by atoms with van der Waals surface area (Å²) in [5.41, 5.74) is 10.6. The quantitative estimate of drug-likeness (QED) is 0.175. The van der Waals surface area contributed by atoms with Crippen molar-refractivity contribution in [1.29, 1.82) is 0 Å². The summed E-state index contributed by atoms with van der Waals surface area (Å²) in [6, 6.07) is 10.8. The number of nitrogens with two attached hydrogens (primary N) is 1. The Balaban J connectivity index is 1.59. The molecule has 2 aromatic carbocycles. The maximum absolute atomic E-state index is 12.5. The molecule has 30 heavy (non-hydrogen) atoms. The summed E-state index contributed by atoms with van der Waals surface area (Å²) in [6.45, 7) is -0.0723. The number of H-pyrrole nitrogens is 1. The van der Waals surface area contributed by atoms with Crippen LogP contribution in [-0.2, 0) is 11.3 Å². The molecule has 5 N–H and O–H groups in total. The zero-order valence-electron chi connectivity index (χ0n) is 15.1. The van der Waals surface area contributed by atoms with E-state index in [1.165, 1.54) is 6.21 Å². The number of aromatic nitrogens is 4. The van der Waals surface area contributed by atoms with Crippen molar-refractivity contribution in [3.8, 4) is 17.3 Å². The first kappa shape index (κ1) is 20.0. The number of hydrogen-bond donors (Lipinski definition) is 4. The van der Waals surface area contributed by atoms with Crippen LogP contribution in [0.4, 0.5) is 5.82 Å². The zero-order chi connectivity index (χ0) is 21.3. The average molecular weight is 536 g/mol. The van der Waals surface area contributed by atoms with Crippen LogP contribution >= 0.6 is 31.9 Å². The molecule has 1 amide bonds. The summed E-state index contributed by atoms with van der Waals surface area (Å²) in [5, 5.41) is 21.4. The summed E-state index contributed by atoms with van der Waals surface area (Å²) >= 11 is 6.59. The molecule has 0 radical (unpaired) electrons. The minimum atomic E-state index is -0.397. The molecule has 12 heteroatoms. The fraction of sp³-hybridized carbons (Fsp3) is 0.0556. The van der Waals surface area contributed by atoms with Crippen molar-refractivity contribution in [3.63, 3.8) is 0 Å². The number of phenols is 1. The number of para-hydroxylation sites is 2. The molecule has 0 bridgehead atoms. The second kappa shape index (κ2) is 8.24. The third kappa shape index (κ3) is 3.91. The van der Waals surface area contributed by atoms with Gasteiger partial charge >= 0.3 is 5.82 Å². The molecule has 0 aliphatic carbocycles. The number of aromatic amines is 1. The molecule has 152 valence electrons. The number of fused-ring (bicyclic) bond motifs is 1. The van der Waals surface area contributed by atoms with Gasteiger partial charge in [-0.05, 0) is 50.5 Å². The SMILES string of the molecule is Nc1nonc1-c1[nH]c2ccccc2[n+]1CC(=O)N/N=C/c1cc(Br)cc(Br)c1O. The lowest BCUT2D eigenvalue weighted by atomic mass is 10.2. The number of phenolic OH excluding ortho intramolecular Hbond substituents is 1. The Bertz CT molecular complexity index is 1280. The lowest BCUT2D eigenvalue weighted by Crippen LogP contribution is -2.42. The summed E-state index contributed by atoms with van der Waals surface area (Å²) in [5.74, 6) is 0.191. The molecule has 4 aromatic rings. The number of nitrogens with one attached hydrogen (secondary N) is 2. The van der Waals surface area contributed by atoms with Crippen molar-refractivity contribution in [2.75, 3.05) is 5.73 Å². The van der Waals surface area contributed by atoms with Gasteiger partial charge in [-0.25, -0.2) is 19.6 Å². The van der Waals surface area contributed by atoms with E-state index in [1.54, 1.807) is 16.7 Å². The normalized spacial score (nSPS) is 11.4. The van der Waals surface area contributed by atoms with Gasteiger partial charge in [0.2, 0.25) is 11.5 Å². The molecule has 0 spiro atoms. The van der Waals surface area contributed by atoms with Crippen molar-refractivity contribution in [3.05, 3.63) is 50.9 Å². The number of amides is 1. The van der Waals surface area contributed by atoms with Gasteiger partial charge in [0.05, 0.1) is 10.7 Å². The topological polar surface area (TPSA) is 146 Å². The van der Waals surface area contributed by atoms with Gasteiger partial charge in [0.15, 0.2) is 17.6 Å². The van der Waals surface area contributed by atoms with E-state index in [9.17, 15) is 9.90 Å². The van der Waals surface area contributed by atoms with Crippen LogP contribution in [0.1, 0.15) is 5.56 Å². The molecule has 0 atom stereocenters. The van der Waals surface area contributed by atoms with Gasteiger partial charge in [-0.2, -0.15) is 5.10 Å². The molecule has 0 aliphatic heterocycles. The molecule has 2 heterocycles. The number of halogens is 2. The van der Waals surface area contributed by atoms with Crippen molar-refractivity contribution in [1.82, 2.24) is 20.7 Å². The number of nitrogens with zero attached hydrogens (tertiary/aromatic N) is 4. The van der Waals surface area contributed by atoms with Crippen LogP contribution in [-0.4, -0.2) is 32.5 Å². The minimum absolute atomic E-state index is 0.0125. The van der Waals surface area contributed by atoms with E-state index in [4.69, 9.17) is 5.73 Å². The van der Waals surface area contributed by atoms with E-state index in [-0.39, 0.29) is 18.1 Å². The van der Waals surface area contributed by atoms with Gasteiger partial charge in [0, 0.05) is 10.0 Å². The van der Waals surface area contributed by atoms with Crippen LogP contribution in [0.15, 0.2) is 55.1 Å². The number of benzene rings is 2. The Kier molecular flexibility index (Phi) is 5.50. The summed E-state index contributed by atoms with van der Waals surface area (Å²) in [6.07, 6.45) is 1.35. The van der Waals surface area contributed by atoms with Crippen molar-refractivity contribution in [2.45, 2.75) is 6.54 Å². The zero-order valence-corrected chi connectivity index (χ0v) is 18.3. The van der Waals surface area contributed by atoms with Crippen molar-refractivity contribution >= 4 is 60.8 Å². The second-order valence-electron chi connectivity index (χ2n) is 6.19. The lowest BCUT2D eigenvalue weighted by Gasteiger charge is -2.03. The molecular weight excluding hydrogens is 522 g/mol. The predicted octanol–water partition coefficient (Wildman–Crippen LogP) is 2.47. The first-order valence-corrected chi connectivity index (χ1v) is 10.1. The van der Waals surface area contributed by atoms with Crippen LogP contribution in [0.5, 0.6) is 5.75 Å². The first-order valence-electron chi connectivity index (χ1n) is 8.53. The molecule has 2 aromatic heterocycles. The number of hydrazone groups is 1. The van der Waals surface area contributed by atoms with E-state index >= 15 is 0 Å². The van der Waals surface area contributed by atoms with E-state index in [2.05, 4.69) is 62.3 Å². The molecule has 0 saturated carbocycles. The Morgan fingerprint density at radius 1 is 1.33 bits per heavy atom. The van der Waals surface area contributed by atoms with Gasteiger partial charge in [0.25, 0.3) is 5.91 Å². The highest BCUT2D eigenvalue weighted by atomic mass is 79.9. The van der Waals surface area contributed by atoms with E-state index in [1.807, 2.05) is 24.3 Å². The maximum Gasteiger partial charge on any atom is 0.314 e. The van der Waals surface area contributed by atoms with Gasteiger partial charge in [0.1, 0.15) is 5.75 Å². The number of carbonyl (C=O) groups excluding carboxylic acids is 1. The summed E-state index contributed by atoms with van der Waals surface area (Å²) < 4.78 is 7.63. The van der Waals surface area contributed by atoms with Crippen LogP contribution in [0.2, 0.25) is 0 Å². The molecule has 4 rings (SSSR count). The monoisotopic (exact) mass is 534 g/mol. The van der Waals surface area contributed by atoms with Crippen LogP contribution < -0.4 is 15.7 Å². The number of nitrogen functional groups attached to an aromatic ring is 1. The van der Waals surface area contributed by atoms with Gasteiger partial charge in [-0.3, -0.25) is 4.79 Å². The van der Waals surface area contributed by atoms with E-state index < -0.39 is 5.91 Å². The fourth-order valence-electron chi connectivity index (χ4n) is 2.88.